The molecule has 1 aromatic carbocycles. The third-order valence-corrected chi connectivity index (χ3v) is 4.20. The molecule has 2 amide bonds. The number of methoxy groups -OCH3 is 1. The zero-order chi connectivity index (χ0) is 18.4. The molecule has 0 unspecified atom stereocenters. The Morgan fingerprint density at radius 3 is 2.12 bits per heavy atom. The maximum Gasteiger partial charge on any atom is 0.228 e. The van der Waals surface area contributed by atoms with Crippen LogP contribution in [0.15, 0.2) is 24.3 Å². The first-order valence-electron chi connectivity index (χ1n) is 8.66. The highest BCUT2D eigenvalue weighted by atomic mass is 16.5. The molecule has 25 heavy (non-hydrogen) atoms. The highest BCUT2D eigenvalue weighted by molar-refractivity contribution is 5.82. The molecule has 138 valence electrons. The molecule has 0 spiro atoms. The van der Waals surface area contributed by atoms with Gasteiger partial charge in [-0.3, -0.25) is 9.59 Å². The van der Waals surface area contributed by atoms with Gasteiger partial charge in [-0.15, -0.1) is 0 Å². The van der Waals surface area contributed by atoms with Gasteiger partial charge < -0.3 is 19.3 Å². The molecule has 0 saturated carbocycles. The van der Waals surface area contributed by atoms with Crippen LogP contribution in [0, 0.1) is 5.41 Å². The van der Waals surface area contributed by atoms with E-state index in [1.165, 1.54) is 0 Å². The Morgan fingerprint density at radius 1 is 1.00 bits per heavy atom. The van der Waals surface area contributed by atoms with Gasteiger partial charge >= 0.3 is 0 Å². The van der Waals surface area contributed by atoms with Crippen molar-refractivity contribution < 1.29 is 19.1 Å². The normalized spacial score (nSPS) is 15.0. The van der Waals surface area contributed by atoms with Crippen LogP contribution in [0.5, 0.6) is 11.5 Å². The molecule has 0 aliphatic carbocycles. The van der Waals surface area contributed by atoms with Crippen molar-refractivity contribution in [3.8, 4) is 11.5 Å². The number of para-hydroxylation sites is 2. The van der Waals surface area contributed by atoms with Crippen LogP contribution in [0.4, 0.5) is 0 Å². The molecule has 6 heteroatoms. The second-order valence-corrected chi connectivity index (χ2v) is 7.17. The number of carbonyl (C=O) groups excluding carboxylic acids is 2. The summed E-state index contributed by atoms with van der Waals surface area (Å²) in [5.41, 5.74) is -0.380. The van der Waals surface area contributed by atoms with Crippen molar-refractivity contribution in [2.24, 2.45) is 5.41 Å². The molecular weight excluding hydrogens is 320 g/mol. The summed E-state index contributed by atoms with van der Waals surface area (Å²) >= 11 is 0. The molecule has 0 bridgehead atoms. The van der Waals surface area contributed by atoms with Crippen molar-refractivity contribution in [1.29, 1.82) is 0 Å². The average molecular weight is 348 g/mol. The number of hydrogen-bond acceptors (Lipinski definition) is 4. The lowest BCUT2D eigenvalue weighted by Gasteiger charge is -2.37. The standard InChI is InChI=1S/C19H28N2O4/c1-19(2,3)18(23)21-12-10-20(11-13-21)17(22)9-14-25-16-8-6-5-7-15(16)24-4/h5-8H,9-14H2,1-4H3. The van der Waals surface area contributed by atoms with Gasteiger partial charge in [0.15, 0.2) is 11.5 Å². The minimum Gasteiger partial charge on any atom is -0.493 e. The van der Waals surface area contributed by atoms with Crippen LogP contribution in [0.25, 0.3) is 0 Å². The number of ether oxygens (including phenoxy) is 2. The van der Waals surface area contributed by atoms with Crippen molar-refractivity contribution in [2.75, 3.05) is 39.9 Å². The molecule has 1 heterocycles. The number of hydrogen-bond donors (Lipinski definition) is 0. The second-order valence-electron chi connectivity index (χ2n) is 7.17. The molecule has 1 aliphatic heterocycles. The third-order valence-electron chi connectivity index (χ3n) is 4.20. The Labute approximate surface area is 149 Å². The fourth-order valence-corrected chi connectivity index (χ4v) is 2.78. The van der Waals surface area contributed by atoms with E-state index in [1.54, 1.807) is 12.0 Å². The highest BCUT2D eigenvalue weighted by Crippen LogP contribution is 2.25. The van der Waals surface area contributed by atoms with E-state index in [-0.39, 0.29) is 17.2 Å². The zero-order valence-corrected chi connectivity index (χ0v) is 15.6. The minimum atomic E-state index is -0.380. The van der Waals surface area contributed by atoms with Crippen LogP contribution in [0.1, 0.15) is 27.2 Å². The predicted octanol–water partition coefficient (Wildman–Crippen LogP) is 2.18. The van der Waals surface area contributed by atoms with E-state index in [0.29, 0.717) is 50.7 Å². The van der Waals surface area contributed by atoms with Crippen LogP contribution in [-0.2, 0) is 9.59 Å². The van der Waals surface area contributed by atoms with Gasteiger partial charge in [0, 0.05) is 31.6 Å². The molecular formula is C19H28N2O4. The lowest BCUT2D eigenvalue weighted by molar-refractivity contribution is -0.145. The molecule has 0 atom stereocenters. The molecule has 0 radical (unpaired) electrons. The molecule has 0 aromatic heterocycles. The third kappa shape index (κ3) is 5.11. The summed E-state index contributed by atoms with van der Waals surface area (Å²) in [7, 11) is 1.59. The van der Waals surface area contributed by atoms with Crippen molar-refractivity contribution in [3.05, 3.63) is 24.3 Å². The first kappa shape index (κ1) is 19.1. The van der Waals surface area contributed by atoms with E-state index >= 15 is 0 Å². The molecule has 1 aliphatic rings. The summed E-state index contributed by atoms with van der Waals surface area (Å²) in [6.07, 6.45) is 0.311. The van der Waals surface area contributed by atoms with Crippen LogP contribution in [0.3, 0.4) is 0 Å². The summed E-state index contributed by atoms with van der Waals surface area (Å²) in [5, 5.41) is 0. The van der Waals surface area contributed by atoms with Crippen molar-refractivity contribution >= 4 is 11.8 Å². The fraction of sp³-hybridized carbons (Fsp3) is 0.579. The summed E-state index contributed by atoms with van der Waals surface area (Å²) in [4.78, 5) is 28.2. The van der Waals surface area contributed by atoms with Crippen molar-refractivity contribution in [3.63, 3.8) is 0 Å². The smallest absolute Gasteiger partial charge is 0.228 e. The number of carbonyl (C=O) groups is 2. The van der Waals surface area contributed by atoms with Crippen LogP contribution in [0.2, 0.25) is 0 Å². The van der Waals surface area contributed by atoms with E-state index in [9.17, 15) is 9.59 Å². The molecule has 1 aromatic rings. The summed E-state index contributed by atoms with van der Waals surface area (Å²) in [6.45, 7) is 8.40. The highest BCUT2D eigenvalue weighted by Gasteiger charge is 2.30. The lowest BCUT2D eigenvalue weighted by atomic mass is 9.94. The maximum absolute atomic E-state index is 12.3. The zero-order valence-electron chi connectivity index (χ0n) is 15.6. The molecule has 2 rings (SSSR count). The summed E-state index contributed by atoms with van der Waals surface area (Å²) in [6, 6.07) is 7.38. The SMILES string of the molecule is COc1ccccc1OCCC(=O)N1CCN(C(=O)C(C)(C)C)CC1. The molecule has 6 nitrogen and oxygen atoms in total. The first-order valence-corrected chi connectivity index (χ1v) is 8.66. The number of amides is 2. The predicted molar refractivity (Wildman–Crippen MR) is 95.7 cm³/mol. The number of rotatable bonds is 5. The second kappa shape index (κ2) is 8.23. The Hall–Kier alpha value is -2.24. The fourth-order valence-electron chi connectivity index (χ4n) is 2.78. The van der Waals surface area contributed by atoms with Crippen molar-refractivity contribution in [1.82, 2.24) is 9.80 Å². The Morgan fingerprint density at radius 2 is 1.56 bits per heavy atom. The topological polar surface area (TPSA) is 59.1 Å². The van der Waals surface area contributed by atoms with E-state index < -0.39 is 0 Å². The number of piperazine rings is 1. The van der Waals surface area contributed by atoms with Gasteiger partial charge in [-0.2, -0.15) is 0 Å². The first-order chi connectivity index (χ1) is 11.8. The van der Waals surface area contributed by atoms with Gasteiger partial charge in [0.05, 0.1) is 20.1 Å². The van der Waals surface area contributed by atoms with Gasteiger partial charge in [-0.1, -0.05) is 32.9 Å². The van der Waals surface area contributed by atoms with Gasteiger partial charge in [-0.25, -0.2) is 0 Å². The average Bonchev–Trinajstić information content (AvgIpc) is 2.60. The van der Waals surface area contributed by atoms with Gasteiger partial charge in [0.1, 0.15) is 0 Å². The van der Waals surface area contributed by atoms with Gasteiger partial charge in [0.2, 0.25) is 11.8 Å². The quantitative estimate of drug-likeness (QED) is 0.818. The van der Waals surface area contributed by atoms with Crippen LogP contribution in [-0.4, -0.2) is 61.5 Å². The monoisotopic (exact) mass is 348 g/mol. The van der Waals surface area contributed by atoms with Gasteiger partial charge in [-0.05, 0) is 12.1 Å². The van der Waals surface area contributed by atoms with Crippen LogP contribution >= 0.6 is 0 Å². The summed E-state index contributed by atoms with van der Waals surface area (Å²) < 4.78 is 10.9. The number of nitrogens with zero attached hydrogens (tertiary/aromatic N) is 2. The molecule has 0 N–H and O–H groups in total. The number of benzene rings is 1. The Balaban J connectivity index is 1.77. The van der Waals surface area contributed by atoms with E-state index in [4.69, 9.17) is 9.47 Å². The summed E-state index contributed by atoms with van der Waals surface area (Å²) in [5.74, 6) is 1.49. The largest absolute Gasteiger partial charge is 0.493 e. The van der Waals surface area contributed by atoms with E-state index in [0.717, 1.165) is 0 Å². The van der Waals surface area contributed by atoms with E-state index in [1.807, 2.05) is 49.9 Å². The maximum atomic E-state index is 12.3. The Bertz CT molecular complexity index is 602. The van der Waals surface area contributed by atoms with Crippen LogP contribution < -0.4 is 9.47 Å². The lowest BCUT2D eigenvalue weighted by Crippen LogP contribution is -2.53. The molecule has 1 saturated heterocycles. The Kier molecular flexibility index (Phi) is 6.28. The van der Waals surface area contributed by atoms with E-state index in [2.05, 4.69) is 0 Å². The minimum absolute atomic E-state index is 0.0535. The van der Waals surface area contributed by atoms with Crippen molar-refractivity contribution in [2.45, 2.75) is 27.2 Å². The van der Waals surface area contributed by atoms with Gasteiger partial charge in [0.25, 0.3) is 0 Å². The molecule has 1 fully saturated rings.